The molecule has 2 saturated carbocycles. The molecule has 0 unspecified atom stereocenters. The van der Waals surface area contributed by atoms with Crippen molar-refractivity contribution in [1.29, 1.82) is 0 Å². The van der Waals surface area contributed by atoms with Crippen LogP contribution >= 0.6 is 0 Å². The molecule has 3 aliphatic carbocycles. The number of Topliss-reactive ketones (excluding diaryl/α,β-unsaturated/α-hetero) is 1. The second-order valence-electron chi connectivity index (χ2n) is 8.06. The largest absolute Gasteiger partial charge is 0.469 e. The van der Waals surface area contributed by atoms with Crippen molar-refractivity contribution in [2.45, 2.75) is 51.4 Å². The van der Waals surface area contributed by atoms with Gasteiger partial charge in [-0.05, 0) is 50.4 Å². The minimum atomic E-state index is -0.310. The summed E-state index contributed by atoms with van der Waals surface area (Å²) >= 11 is 0. The van der Waals surface area contributed by atoms with Crippen molar-refractivity contribution in [3.8, 4) is 0 Å². The molecule has 0 amide bonds. The van der Waals surface area contributed by atoms with Gasteiger partial charge in [-0.2, -0.15) is 0 Å². The molecule has 3 heteroatoms. The average molecular weight is 352 g/mol. The Morgan fingerprint density at radius 2 is 1.42 bits per heavy atom. The van der Waals surface area contributed by atoms with E-state index in [-0.39, 0.29) is 35.4 Å². The summed E-state index contributed by atoms with van der Waals surface area (Å²) in [5.74, 6) is -0.187. The molecular formula is C23H28O3. The lowest BCUT2D eigenvalue weighted by Crippen LogP contribution is -2.47. The highest BCUT2D eigenvalue weighted by molar-refractivity contribution is 6.00. The Morgan fingerprint density at radius 1 is 0.846 bits per heavy atom. The number of rotatable bonds is 3. The lowest BCUT2D eigenvalue weighted by molar-refractivity contribution is -0.150. The summed E-state index contributed by atoms with van der Waals surface area (Å²) in [4.78, 5) is 26.4. The SMILES string of the molecule is COC(=O)[C@H]1[C@@H](C(=O)c2ccccc2)[C@H]2CCCCC2=C2CCCC[C@@H]21. The van der Waals surface area contributed by atoms with Crippen LogP contribution in [0.15, 0.2) is 41.5 Å². The molecule has 0 radical (unpaired) electrons. The van der Waals surface area contributed by atoms with Gasteiger partial charge >= 0.3 is 5.97 Å². The maximum Gasteiger partial charge on any atom is 0.310 e. The molecule has 4 rings (SSSR count). The fourth-order valence-corrected chi connectivity index (χ4v) is 5.76. The van der Waals surface area contributed by atoms with Gasteiger partial charge in [0.1, 0.15) is 0 Å². The molecule has 138 valence electrons. The number of methoxy groups -OCH3 is 1. The third-order valence-corrected chi connectivity index (χ3v) is 6.82. The molecule has 0 aliphatic heterocycles. The molecule has 3 nitrogen and oxygen atoms in total. The quantitative estimate of drug-likeness (QED) is 0.438. The van der Waals surface area contributed by atoms with Gasteiger partial charge in [0.2, 0.25) is 0 Å². The normalized spacial score (nSPS) is 31.0. The summed E-state index contributed by atoms with van der Waals surface area (Å²) in [6, 6.07) is 9.53. The van der Waals surface area contributed by atoms with Gasteiger partial charge in [0.15, 0.2) is 5.78 Å². The van der Waals surface area contributed by atoms with Gasteiger partial charge in [0.25, 0.3) is 0 Å². The van der Waals surface area contributed by atoms with Gasteiger partial charge in [-0.15, -0.1) is 0 Å². The first kappa shape index (κ1) is 17.5. The Labute approximate surface area is 155 Å². The Balaban J connectivity index is 1.82. The highest BCUT2D eigenvalue weighted by atomic mass is 16.5. The molecule has 0 N–H and O–H groups in total. The van der Waals surface area contributed by atoms with Gasteiger partial charge in [0, 0.05) is 11.5 Å². The Hall–Kier alpha value is -1.90. The monoisotopic (exact) mass is 352 g/mol. The average Bonchev–Trinajstić information content (AvgIpc) is 2.72. The molecule has 1 aromatic rings. The number of benzene rings is 1. The standard InChI is InChI=1S/C23H28O3/c1-26-23(25)21-19-14-8-6-12-17(19)16-11-5-7-13-18(16)20(21)22(24)15-9-3-2-4-10-15/h2-4,9-10,18-21H,5-8,11-14H2,1H3/t18-,19-,20-,21+/m0/s1. The highest BCUT2D eigenvalue weighted by Crippen LogP contribution is 2.53. The molecule has 0 saturated heterocycles. The van der Waals surface area contributed by atoms with E-state index in [1.165, 1.54) is 31.1 Å². The number of hydrogen-bond acceptors (Lipinski definition) is 3. The van der Waals surface area contributed by atoms with Gasteiger partial charge in [-0.3, -0.25) is 9.59 Å². The van der Waals surface area contributed by atoms with Crippen molar-refractivity contribution in [3.63, 3.8) is 0 Å². The maximum atomic E-state index is 13.5. The highest BCUT2D eigenvalue weighted by Gasteiger charge is 2.51. The number of fused-ring (bicyclic) bond motifs is 2. The predicted molar refractivity (Wildman–Crippen MR) is 101 cm³/mol. The molecule has 0 spiro atoms. The van der Waals surface area contributed by atoms with E-state index in [4.69, 9.17) is 4.74 Å². The van der Waals surface area contributed by atoms with E-state index >= 15 is 0 Å². The zero-order valence-corrected chi connectivity index (χ0v) is 15.6. The minimum Gasteiger partial charge on any atom is -0.469 e. The van der Waals surface area contributed by atoms with Crippen molar-refractivity contribution in [1.82, 2.24) is 0 Å². The summed E-state index contributed by atoms with van der Waals surface area (Å²) in [6.45, 7) is 0. The maximum absolute atomic E-state index is 13.5. The van der Waals surface area contributed by atoms with Crippen LogP contribution in [0.3, 0.4) is 0 Å². The summed E-state index contributed by atoms with van der Waals surface area (Å²) in [5.41, 5.74) is 3.76. The summed E-state index contributed by atoms with van der Waals surface area (Å²) in [6.07, 6.45) is 9.00. The van der Waals surface area contributed by atoms with E-state index in [2.05, 4.69) is 0 Å². The predicted octanol–water partition coefficient (Wildman–Crippen LogP) is 4.97. The van der Waals surface area contributed by atoms with Crippen molar-refractivity contribution < 1.29 is 14.3 Å². The molecule has 3 aliphatic rings. The first-order chi connectivity index (χ1) is 12.7. The number of carbonyl (C=O) groups excluding carboxylic acids is 2. The van der Waals surface area contributed by atoms with Crippen molar-refractivity contribution in [3.05, 3.63) is 47.0 Å². The zero-order chi connectivity index (χ0) is 18.1. The second-order valence-corrected chi connectivity index (χ2v) is 8.06. The van der Waals surface area contributed by atoms with Crippen LogP contribution in [0.4, 0.5) is 0 Å². The third kappa shape index (κ3) is 2.91. The van der Waals surface area contributed by atoms with Crippen molar-refractivity contribution in [2.24, 2.45) is 23.7 Å². The molecule has 26 heavy (non-hydrogen) atoms. The van der Waals surface area contributed by atoms with Crippen LogP contribution < -0.4 is 0 Å². The van der Waals surface area contributed by atoms with Gasteiger partial charge in [-0.25, -0.2) is 0 Å². The van der Waals surface area contributed by atoms with E-state index in [9.17, 15) is 9.59 Å². The van der Waals surface area contributed by atoms with Crippen LogP contribution in [-0.2, 0) is 9.53 Å². The molecule has 0 heterocycles. The molecule has 0 aromatic heterocycles. The summed E-state index contributed by atoms with van der Waals surface area (Å²) in [5, 5.41) is 0. The van der Waals surface area contributed by atoms with Crippen LogP contribution in [0.25, 0.3) is 0 Å². The smallest absolute Gasteiger partial charge is 0.310 e. The van der Waals surface area contributed by atoms with Crippen LogP contribution in [0.5, 0.6) is 0 Å². The number of ketones is 1. The summed E-state index contributed by atoms with van der Waals surface area (Å²) in [7, 11) is 1.47. The van der Waals surface area contributed by atoms with Crippen LogP contribution in [0, 0.1) is 23.7 Å². The van der Waals surface area contributed by atoms with Crippen LogP contribution in [0.2, 0.25) is 0 Å². The first-order valence-electron chi connectivity index (χ1n) is 10.1. The number of ether oxygens (including phenoxy) is 1. The van der Waals surface area contributed by atoms with Crippen molar-refractivity contribution >= 4 is 11.8 Å². The van der Waals surface area contributed by atoms with E-state index in [1.54, 1.807) is 0 Å². The van der Waals surface area contributed by atoms with E-state index in [1.807, 2.05) is 30.3 Å². The van der Waals surface area contributed by atoms with Gasteiger partial charge in [0.05, 0.1) is 13.0 Å². The lowest BCUT2D eigenvalue weighted by Gasteiger charge is -2.47. The number of esters is 1. The zero-order valence-electron chi connectivity index (χ0n) is 15.6. The Morgan fingerprint density at radius 3 is 2.00 bits per heavy atom. The molecule has 1 aromatic carbocycles. The fourth-order valence-electron chi connectivity index (χ4n) is 5.76. The summed E-state index contributed by atoms with van der Waals surface area (Å²) < 4.78 is 5.22. The first-order valence-corrected chi connectivity index (χ1v) is 10.1. The molecule has 2 fully saturated rings. The fraction of sp³-hybridized carbons (Fsp3) is 0.565. The van der Waals surface area contributed by atoms with Crippen molar-refractivity contribution in [2.75, 3.05) is 7.11 Å². The number of allylic oxidation sites excluding steroid dienone is 2. The van der Waals surface area contributed by atoms with Crippen LogP contribution in [-0.4, -0.2) is 18.9 Å². The van der Waals surface area contributed by atoms with E-state index in [0.29, 0.717) is 0 Å². The molecular weight excluding hydrogens is 324 g/mol. The Bertz CT molecular complexity index is 718. The molecule has 4 atom stereocenters. The topological polar surface area (TPSA) is 43.4 Å². The number of carbonyl (C=O) groups is 2. The van der Waals surface area contributed by atoms with Gasteiger partial charge < -0.3 is 4.74 Å². The Kier molecular flexibility index (Phi) is 4.97. The van der Waals surface area contributed by atoms with E-state index < -0.39 is 0 Å². The molecule has 0 bridgehead atoms. The minimum absolute atomic E-state index is 0.134. The van der Waals surface area contributed by atoms with Gasteiger partial charge in [-0.1, -0.05) is 54.3 Å². The number of hydrogen-bond donors (Lipinski definition) is 0. The van der Waals surface area contributed by atoms with E-state index in [0.717, 1.165) is 44.1 Å². The second kappa shape index (κ2) is 7.38. The lowest BCUT2D eigenvalue weighted by atomic mass is 9.56. The third-order valence-electron chi connectivity index (χ3n) is 6.82. The van der Waals surface area contributed by atoms with Crippen LogP contribution in [0.1, 0.15) is 61.7 Å².